The van der Waals surface area contributed by atoms with Crippen LogP contribution in [0.4, 0.5) is 13.2 Å². The van der Waals surface area contributed by atoms with E-state index in [1.807, 2.05) is 6.92 Å². The molecule has 1 amide bonds. The summed E-state index contributed by atoms with van der Waals surface area (Å²) in [7, 11) is 0. The molecule has 3 N–H and O–H groups in total. The van der Waals surface area contributed by atoms with Crippen molar-refractivity contribution in [3.8, 4) is 5.75 Å². The predicted octanol–water partition coefficient (Wildman–Crippen LogP) is 3.53. The predicted molar refractivity (Wildman–Crippen MR) is 89.3 cm³/mol. The van der Waals surface area contributed by atoms with Crippen molar-refractivity contribution in [1.29, 1.82) is 0 Å². The minimum atomic E-state index is -4.48. The number of ether oxygens (including phenoxy) is 1. The molecule has 0 aromatic heterocycles. The molecule has 0 fully saturated rings. The Kier molecular flexibility index (Phi) is 9.77. The molecular weight excluding hydrogens is 345 g/mol. The smallest absolute Gasteiger partial charge is 0.419 e. The van der Waals surface area contributed by atoms with E-state index < -0.39 is 23.9 Å². The van der Waals surface area contributed by atoms with Crippen LogP contribution in [0.1, 0.15) is 38.7 Å². The fourth-order valence-electron chi connectivity index (χ4n) is 2.04. The molecule has 0 bridgehead atoms. The molecule has 2 unspecified atom stereocenters. The topological polar surface area (TPSA) is 64.4 Å². The van der Waals surface area contributed by atoms with Crippen molar-refractivity contribution in [2.45, 2.75) is 51.4 Å². The van der Waals surface area contributed by atoms with E-state index in [0.29, 0.717) is 12.8 Å². The number of alkyl halides is 3. The number of carbonyl (C=O) groups is 1. The first kappa shape index (κ1) is 22.5. The maximum atomic E-state index is 12.9. The number of halogens is 4. The van der Waals surface area contributed by atoms with Crippen LogP contribution in [0.3, 0.4) is 0 Å². The van der Waals surface area contributed by atoms with Crippen molar-refractivity contribution in [2.75, 3.05) is 6.54 Å². The van der Waals surface area contributed by atoms with Crippen LogP contribution in [0, 0.1) is 0 Å². The first-order valence-electron chi connectivity index (χ1n) is 7.65. The Morgan fingerprint density at radius 3 is 2.46 bits per heavy atom. The Hall–Kier alpha value is -1.47. The number of para-hydroxylation sites is 1. The molecule has 4 nitrogen and oxygen atoms in total. The summed E-state index contributed by atoms with van der Waals surface area (Å²) in [6, 6.07) is 4.42. The number of hydrogen-bond acceptors (Lipinski definition) is 3. The summed E-state index contributed by atoms with van der Waals surface area (Å²) >= 11 is 0. The zero-order valence-corrected chi connectivity index (χ0v) is 14.5. The highest BCUT2D eigenvalue weighted by Crippen LogP contribution is 2.36. The number of nitrogens with one attached hydrogen (secondary N) is 1. The summed E-state index contributed by atoms with van der Waals surface area (Å²) in [5.41, 5.74) is 4.86. The van der Waals surface area contributed by atoms with Gasteiger partial charge in [0.2, 0.25) is 5.91 Å². The lowest BCUT2D eigenvalue weighted by Crippen LogP contribution is -2.44. The molecular formula is C16H24ClF3N2O2. The number of rotatable bonds is 8. The number of nitrogens with two attached hydrogens (primary N) is 1. The van der Waals surface area contributed by atoms with Gasteiger partial charge in [-0.2, -0.15) is 13.2 Å². The minimum Gasteiger partial charge on any atom is -0.488 e. The van der Waals surface area contributed by atoms with E-state index in [1.54, 1.807) is 6.92 Å². The van der Waals surface area contributed by atoms with E-state index in [0.717, 1.165) is 12.5 Å². The molecule has 0 saturated heterocycles. The summed E-state index contributed by atoms with van der Waals surface area (Å²) in [6.45, 7) is 3.80. The lowest BCUT2D eigenvalue weighted by atomic mass is 10.1. The van der Waals surface area contributed by atoms with Crippen LogP contribution in [-0.4, -0.2) is 24.6 Å². The van der Waals surface area contributed by atoms with E-state index in [-0.39, 0.29) is 30.6 Å². The second-order valence-corrected chi connectivity index (χ2v) is 5.28. The first-order chi connectivity index (χ1) is 10.8. The van der Waals surface area contributed by atoms with Gasteiger partial charge in [0.1, 0.15) is 11.9 Å². The molecule has 24 heavy (non-hydrogen) atoms. The maximum Gasteiger partial charge on any atom is 0.419 e. The van der Waals surface area contributed by atoms with E-state index in [9.17, 15) is 18.0 Å². The number of benzene rings is 1. The van der Waals surface area contributed by atoms with Crippen molar-refractivity contribution in [2.24, 2.45) is 5.73 Å². The maximum absolute atomic E-state index is 12.9. The van der Waals surface area contributed by atoms with Crippen LogP contribution < -0.4 is 15.8 Å². The van der Waals surface area contributed by atoms with E-state index in [1.165, 1.54) is 18.2 Å². The molecule has 0 aliphatic rings. The molecule has 138 valence electrons. The van der Waals surface area contributed by atoms with Crippen LogP contribution >= 0.6 is 12.4 Å². The van der Waals surface area contributed by atoms with Gasteiger partial charge >= 0.3 is 6.18 Å². The van der Waals surface area contributed by atoms with Crippen molar-refractivity contribution in [1.82, 2.24) is 5.32 Å². The lowest BCUT2D eigenvalue weighted by molar-refractivity contribution is -0.139. The van der Waals surface area contributed by atoms with Gasteiger partial charge in [-0.1, -0.05) is 32.4 Å². The van der Waals surface area contributed by atoms with E-state index in [4.69, 9.17) is 10.5 Å². The zero-order valence-electron chi connectivity index (χ0n) is 13.7. The van der Waals surface area contributed by atoms with Gasteiger partial charge in [-0.05, 0) is 25.0 Å². The third kappa shape index (κ3) is 6.97. The van der Waals surface area contributed by atoms with Crippen LogP contribution in [0.5, 0.6) is 5.75 Å². The lowest BCUT2D eigenvalue weighted by Gasteiger charge is -2.21. The SMILES string of the molecule is CCCC(N)C(=O)NCC(CC)Oc1ccccc1C(F)(F)F.Cl. The summed E-state index contributed by atoms with van der Waals surface area (Å²) in [5, 5.41) is 2.63. The minimum absolute atomic E-state index is 0. The van der Waals surface area contributed by atoms with Gasteiger partial charge in [-0.15, -0.1) is 12.4 Å². The molecule has 1 aromatic rings. The van der Waals surface area contributed by atoms with E-state index in [2.05, 4.69) is 5.32 Å². The molecule has 0 radical (unpaired) electrons. The second kappa shape index (κ2) is 10.4. The fraction of sp³-hybridized carbons (Fsp3) is 0.562. The number of carbonyl (C=O) groups excluding carboxylic acids is 1. The third-order valence-electron chi connectivity index (χ3n) is 3.38. The molecule has 0 saturated carbocycles. The summed E-state index contributed by atoms with van der Waals surface area (Å²) in [4.78, 5) is 11.8. The second-order valence-electron chi connectivity index (χ2n) is 5.28. The third-order valence-corrected chi connectivity index (χ3v) is 3.38. The average molecular weight is 369 g/mol. The van der Waals surface area contributed by atoms with Gasteiger partial charge in [-0.25, -0.2) is 0 Å². The van der Waals surface area contributed by atoms with Crippen LogP contribution in [0.2, 0.25) is 0 Å². The summed E-state index contributed by atoms with van der Waals surface area (Å²) < 4.78 is 44.3. The Labute approximate surface area is 146 Å². The number of amides is 1. The van der Waals surface area contributed by atoms with Gasteiger partial charge in [0.05, 0.1) is 18.2 Å². The Bertz CT molecular complexity index is 512. The van der Waals surface area contributed by atoms with Crippen molar-refractivity contribution >= 4 is 18.3 Å². The highest BCUT2D eigenvalue weighted by Gasteiger charge is 2.34. The van der Waals surface area contributed by atoms with Gasteiger partial charge in [0.15, 0.2) is 0 Å². The molecule has 0 aliphatic carbocycles. The monoisotopic (exact) mass is 368 g/mol. The molecule has 2 atom stereocenters. The fourth-order valence-corrected chi connectivity index (χ4v) is 2.04. The zero-order chi connectivity index (χ0) is 17.5. The van der Waals surface area contributed by atoms with Crippen molar-refractivity contribution in [3.63, 3.8) is 0 Å². The average Bonchev–Trinajstić information content (AvgIpc) is 2.50. The highest BCUT2D eigenvalue weighted by molar-refractivity contribution is 5.85. The Morgan fingerprint density at radius 1 is 1.29 bits per heavy atom. The first-order valence-corrected chi connectivity index (χ1v) is 7.65. The van der Waals surface area contributed by atoms with Gasteiger partial charge < -0.3 is 15.8 Å². The normalized spacial score (nSPS) is 13.6. The molecule has 0 aliphatic heterocycles. The van der Waals surface area contributed by atoms with Crippen molar-refractivity contribution < 1.29 is 22.7 Å². The molecule has 0 spiro atoms. The summed E-state index contributed by atoms with van der Waals surface area (Å²) in [5.74, 6) is -0.558. The Morgan fingerprint density at radius 2 is 1.92 bits per heavy atom. The molecule has 1 aromatic carbocycles. The van der Waals surface area contributed by atoms with Crippen LogP contribution in [0.25, 0.3) is 0 Å². The summed E-state index contributed by atoms with van der Waals surface area (Å²) in [6.07, 6.45) is -3.25. The van der Waals surface area contributed by atoms with Gasteiger partial charge in [-0.3, -0.25) is 4.79 Å². The van der Waals surface area contributed by atoms with Crippen molar-refractivity contribution in [3.05, 3.63) is 29.8 Å². The molecule has 0 heterocycles. The Balaban J connectivity index is 0.00000529. The molecule has 8 heteroatoms. The van der Waals surface area contributed by atoms with Gasteiger partial charge in [0, 0.05) is 0 Å². The highest BCUT2D eigenvalue weighted by atomic mass is 35.5. The molecule has 1 rings (SSSR count). The van der Waals surface area contributed by atoms with Gasteiger partial charge in [0.25, 0.3) is 0 Å². The van der Waals surface area contributed by atoms with Crippen LogP contribution in [0.15, 0.2) is 24.3 Å². The van der Waals surface area contributed by atoms with Crippen LogP contribution in [-0.2, 0) is 11.0 Å². The standard InChI is InChI=1S/C16H23F3N2O2.ClH/c1-3-7-13(20)15(22)21-10-11(4-2)23-14-9-6-5-8-12(14)16(17,18)19;/h5-6,8-9,11,13H,3-4,7,10,20H2,1-2H3,(H,21,22);1H. The number of hydrogen-bond donors (Lipinski definition) is 2. The van der Waals surface area contributed by atoms with E-state index >= 15 is 0 Å². The quantitative estimate of drug-likeness (QED) is 0.737. The largest absolute Gasteiger partial charge is 0.488 e.